The van der Waals surface area contributed by atoms with E-state index in [0.717, 1.165) is 42.1 Å². The number of dihydropyridines is 1. The molecule has 1 fully saturated rings. The van der Waals surface area contributed by atoms with E-state index < -0.39 is 0 Å². The molecule has 7 heteroatoms. The van der Waals surface area contributed by atoms with E-state index in [-0.39, 0.29) is 18.2 Å². The van der Waals surface area contributed by atoms with Crippen LogP contribution < -0.4 is 10.7 Å². The van der Waals surface area contributed by atoms with Gasteiger partial charge in [-0.15, -0.1) is 0 Å². The first-order valence-corrected chi connectivity index (χ1v) is 10.2. The molecule has 152 valence electrons. The minimum absolute atomic E-state index is 0.00831. The van der Waals surface area contributed by atoms with E-state index in [9.17, 15) is 4.79 Å². The zero-order valence-electron chi connectivity index (χ0n) is 17.2. The number of amides is 1. The van der Waals surface area contributed by atoms with Gasteiger partial charge in [0, 0.05) is 6.42 Å². The standard InChI is InChI=1S/C22H27N5O2/c1-4-5-20-19-11-17-10-15(6-8-18(17)27(19)22(28)29-20)16-7-9-21(24-12-16)25-13(2)14(3)26-23/h6-8,10,19-20H,4-5,9,11-12,23H2,1-3H3. The fourth-order valence-electron chi connectivity index (χ4n) is 4.19. The van der Waals surface area contributed by atoms with Crippen molar-refractivity contribution in [3.8, 4) is 0 Å². The molecule has 2 N–H and O–H groups in total. The molecule has 0 aliphatic carbocycles. The number of nitrogens with two attached hydrogens (primary N) is 1. The monoisotopic (exact) mass is 393 g/mol. The number of nitrogens with zero attached hydrogens (tertiary/aromatic N) is 4. The predicted molar refractivity (Wildman–Crippen MR) is 117 cm³/mol. The second-order valence-electron chi connectivity index (χ2n) is 7.77. The number of hydrogen-bond acceptors (Lipinski definition) is 6. The van der Waals surface area contributed by atoms with E-state index in [1.54, 1.807) is 0 Å². The Morgan fingerprint density at radius 1 is 1.34 bits per heavy atom. The Kier molecular flexibility index (Phi) is 5.22. The van der Waals surface area contributed by atoms with Gasteiger partial charge in [0.05, 0.1) is 29.7 Å². The summed E-state index contributed by atoms with van der Waals surface area (Å²) in [6.07, 6.45) is 5.41. The quantitative estimate of drug-likeness (QED) is 0.480. The molecule has 0 bridgehead atoms. The van der Waals surface area contributed by atoms with Gasteiger partial charge in [-0.3, -0.25) is 9.89 Å². The van der Waals surface area contributed by atoms with Gasteiger partial charge in [-0.1, -0.05) is 25.5 Å². The number of ether oxygens (including phenoxy) is 1. The molecule has 0 saturated carbocycles. The summed E-state index contributed by atoms with van der Waals surface area (Å²) in [6, 6.07) is 6.45. The summed E-state index contributed by atoms with van der Waals surface area (Å²) in [7, 11) is 0. The summed E-state index contributed by atoms with van der Waals surface area (Å²) >= 11 is 0. The molecule has 1 aromatic carbocycles. The molecule has 2 unspecified atom stereocenters. The van der Waals surface area contributed by atoms with Crippen LogP contribution in [0.4, 0.5) is 10.5 Å². The van der Waals surface area contributed by atoms with E-state index >= 15 is 0 Å². The van der Waals surface area contributed by atoms with Crippen molar-refractivity contribution in [1.82, 2.24) is 0 Å². The third kappa shape index (κ3) is 3.57. The summed E-state index contributed by atoms with van der Waals surface area (Å²) in [4.78, 5) is 23.3. The van der Waals surface area contributed by atoms with Crippen LogP contribution >= 0.6 is 0 Å². The zero-order chi connectivity index (χ0) is 20.5. The maximum absolute atomic E-state index is 12.3. The molecule has 4 rings (SSSR count). The molecule has 0 aromatic heterocycles. The van der Waals surface area contributed by atoms with Gasteiger partial charge in [-0.25, -0.2) is 9.79 Å². The molecule has 1 saturated heterocycles. The second kappa shape index (κ2) is 7.81. The third-order valence-corrected chi connectivity index (χ3v) is 5.90. The lowest BCUT2D eigenvalue weighted by Crippen LogP contribution is -2.33. The SMILES string of the molecule is CCCC1OC(=O)N2c3ccc(C4=CCC(N=C(C)C(C)=NN)=NC4)cc3CC12. The lowest BCUT2D eigenvalue weighted by atomic mass is 9.97. The van der Waals surface area contributed by atoms with Crippen LogP contribution in [0.3, 0.4) is 0 Å². The Labute approximate surface area is 171 Å². The first-order chi connectivity index (χ1) is 14.0. The first kappa shape index (κ1) is 19.4. The summed E-state index contributed by atoms with van der Waals surface area (Å²) in [6.45, 7) is 6.44. The normalized spacial score (nSPS) is 24.1. The molecule has 2 atom stereocenters. The summed E-state index contributed by atoms with van der Waals surface area (Å²) < 4.78 is 5.57. The van der Waals surface area contributed by atoms with Crippen LogP contribution in [0.5, 0.6) is 0 Å². The molecule has 0 spiro atoms. The van der Waals surface area contributed by atoms with Crippen molar-refractivity contribution in [2.24, 2.45) is 20.9 Å². The van der Waals surface area contributed by atoms with Crippen LogP contribution in [0, 0.1) is 0 Å². The third-order valence-electron chi connectivity index (χ3n) is 5.90. The number of fused-ring (bicyclic) bond motifs is 3. The average Bonchev–Trinajstić information content (AvgIpc) is 3.25. The van der Waals surface area contributed by atoms with Gasteiger partial charge in [0.2, 0.25) is 0 Å². The number of rotatable bonds is 4. The molecule has 3 heterocycles. The van der Waals surface area contributed by atoms with E-state index in [2.05, 4.69) is 40.2 Å². The Morgan fingerprint density at radius 3 is 2.86 bits per heavy atom. The van der Waals surface area contributed by atoms with E-state index in [0.29, 0.717) is 18.7 Å². The molecule has 29 heavy (non-hydrogen) atoms. The predicted octanol–water partition coefficient (Wildman–Crippen LogP) is 3.72. The number of carbonyl (C=O) groups excluding carboxylic acids is 1. The lowest BCUT2D eigenvalue weighted by molar-refractivity contribution is 0.125. The minimum atomic E-state index is -0.212. The van der Waals surface area contributed by atoms with E-state index in [4.69, 9.17) is 10.6 Å². The van der Waals surface area contributed by atoms with Crippen molar-refractivity contribution in [3.63, 3.8) is 0 Å². The fraction of sp³-hybridized carbons (Fsp3) is 0.455. The van der Waals surface area contributed by atoms with Gasteiger partial charge in [-0.2, -0.15) is 5.10 Å². The number of benzene rings is 1. The molecule has 1 aromatic rings. The van der Waals surface area contributed by atoms with Crippen molar-refractivity contribution in [1.29, 1.82) is 0 Å². The number of carbonyl (C=O) groups is 1. The highest BCUT2D eigenvalue weighted by atomic mass is 16.6. The number of amidine groups is 1. The zero-order valence-corrected chi connectivity index (χ0v) is 17.2. The van der Waals surface area contributed by atoms with Crippen LogP contribution in [0.15, 0.2) is 39.4 Å². The molecule has 7 nitrogen and oxygen atoms in total. The summed E-state index contributed by atoms with van der Waals surface area (Å²) in [5.41, 5.74) is 6.04. The van der Waals surface area contributed by atoms with Gasteiger partial charge in [0.25, 0.3) is 0 Å². The van der Waals surface area contributed by atoms with Crippen molar-refractivity contribution in [3.05, 3.63) is 35.4 Å². The van der Waals surface area contributed by atoms with Gasteiger partial charge >= 0.3 is 6.09 Å². The smallest absolute Gasteiger partial charge is 0.415 e. The Balaban J connectivity index is 1.50. The number of cyclic esters (lactones) is 1. The number of hydrogen-bond donors (Lipinski definition) is 1. The number of anilines is 1. The molecule has 1 amide bonds. The van der Waals surface area contributed by atoms with Gasteiger partial charge in [0.1, 0.15) is 11.9 Å². The van der Waals surface area contributed by atoms with Crippen LogP contribution in [0.1, 0.15) is 51.2 Å². The number of hydrazone groups is 1. The van der Waals surface area contributed by atoms with Gasteiger partial charge in [-0.05, 0) is 55.5 Å². The van der Waals surface area contributed by atoms with Crippen LogP contribution in [-0.2, 0) is 11.2 Å². The molecule has 3 aliphatic heterocycles. The Morgan fingerprint density at radius 2 is 2.17 bits per heavy atom. The Bertz CT molecular complexity index is 960. The number of aliphatic imine (C=N–C) groups is 2. The van der Waals surface area contributed by atoms with Gasteiger partial charge < -0.3 is 10.6 Å². The largest absolute Gasteiger partial charge is 0.444 e. The van der Waals surface area contributed by atoms with Crippen LogP contribution in [-0.4, -0.2) is 42.0 Å². The molecular formula is C22H27N5O2. The first-order valence-electron chi connectivity index (χ1n) is 10.2. The molecule has 0 radical (unpaired) electrons. The molecule has 3 aliphatic rings. The second-order valence-corrected chi connectivity index (χ2v) is 7.77. The topological polar surface area (TPSA) is 92.6 Å². The highest BCUT2D eigenvalue weighted by Gasteiger charge is 2.46. The van der Waals surface area contributed by atoms with Crippen LogP contribution in [0.25, 0.3) is 5.57 Å². The summed E-state index contributed by atoms with van der Waals surface area (Å²) in [5, 5.41) is 3.67. The maximum atomic E-state index is 12.3. The van der Waals surface area contributed by atoms with Crippen molar-refractivity contribution in [2.45, 2.75) is 58.6 Å². The van der Waals surface area contributed by atoms with E-state index in [1.807, 2.05) is 24.8 Å². The summed E-state index contributed by atoms with van der Waals surface area (Å²) in [5.74, 6) is 6.10. The molecular weight excluding hydrogens is 366 g/mol. The lowest BCUT2D eigenvalue weighted by Gasteiger charge is -2.16. The minimum Gasteiger partial charge on any atom is -0.444 e. The van der Waals surface area contributed by atoms with E-state index in [1.165, 1.54) is 11.1 Å². The van der Waals surface area contributed by atoms with Gasteiger partial charge in [0.15, 0.2) is 0 Å². The van der Waals surface area contributed by atoms with Crippen molar-refractivity contribution in [2.75, 3.05) is 11.4 Å². The fourth-order valence-corrected chi connectivity index (χ4v) is 4.19. The van der Waals surface area contributed by atoms with Crippen LogP contribution in [0.2, 0.25) is 0 Å². The Hall–Kier alpha value is -2.96. The highest BCUT2D eigenvalue weighted by molar-refractivity contribution is 6.42. The maximum Gasteiger partial charge on any atom is 0.415 e. The van der Waals surface area contributed by atoms with Crippen molar-refractivity contribution >= 4 is 34.6 Å². The average molecular weight is 393 g/mol. The highest BCUT2D eigenvalue weighted by Crippen LogP contribution is 2.41. The van der Waals surface area contributed by atoms with Crippen molar-refractivity contribution < 1.29 is 9.53 Å².